The van der Waals surface area contributed by atoms with Crippen molar-refractivity contribution in [2.24, 2.45) is 0 Å². The number of fused-ring (bicyclic) bond motifs is 7. The Morgan fingerprint density at radius 3 is 1.46 bits per heavy atom. The molecule has 13 rings (SSSR count). The van der Waals surface area contributed by atoms with Gasteiger partial charge >= 0.3 is 0 Å². The number of nitriles is 1. The van der Waals surface area contributed by atoms with Crippen LogP contribution in [0.3, 0.4) is 0 Å². The van der Waals surface area contributed by atoms with Gasteiger partial charge in [0.05, 0.1) is 34.1 Å². The van der Waals surface area contributed by atoms with Crippen molar-refractivity contribution in [3.05, 3.63) is 224 Å². The van der Waals surface area contributed by atoms with E-state index in [9.17, 15) is 5.26 Å². The maximum Gasteiger partial charge on any atom is 0.160 e. The Morgan fingerprint density at radius 1 is 0.338 bits per heavy atom. The highest BCUT2D eigenvalue weighted by molar-refractivity contribution is 6.24. The SMILES string of the molecule is N#Cc1ccc(-c2ccc3c4c(ccc(-c5ccc(-c6cc(-c7ccccc7)nc(-c7ccc(-n8c9ccccc9c9ccccc98)cc7)n6)c6ccccc56)c24)-c2ccccc2-3)cc1. The number of para-hydroxylation sites is 2. The molecule has 12 aromatic rings. The maximum absolute atomic E-state index is 9.64. The molecule has 0 spiro atoms. The van der Waals surface area contributed by atoms with E-state index in [1.165, 1.54) is 54.8 Å². The summed E-state index contributed by atoms with van der Waals surface area (Å²) in [7, 11) is 0. The molecule has 65 heavy (non-hydrogen) atoms. The number of rotatable bonds is 6. The van der Waals surface area contributed by atoms with E-state index in [4.69, 9.17) is 9.97 Å². The molecular weight excluding hydrogens is 789 g/mol. The summed E-state index contributed by atoms with van der Waals surface area (Å²) in [6, 6.07) is 79.7. The molecule has 0 amide bonds. The number of hydrogen-bond acceptors (Lipinski definition) is 3. The summed E-state index contributed by atoms with van der Waals surface area (Å²) < 4.78 is 2.34. The van der Waals surface area contributed by atoms with Crippen LogP contribution in [0.1, 0.15) is 5.56 Å². The minimum absolute atomic E-state index is 0.647. The summed E-state index contributed by atoms with van der Waals surface area (Å²) in [6.45, 7) is 0. The Hall–Kier alpha value is -8.91. The minimum Gasteiger partial charge on any atom is -0.309 e. The molecule has 2 aromatic heterocycles. The fourth-order valence-corrected chi connectivity index (χ4v) is 10.3. The largest absolute Gasteiger partial charge is 0.309 e. The highest BCUT2D eigenvalue weighted by Gasteiger charge is 2.26. The fraction of sp³-hybridized carbons (Fsp3) is 0. The predicted octanol–water partition coefficient (Wildman–Crippen LogP) is 15.7. The van der Waals surface area contributed by atoms with Crippen molar-refractivity contribution in [1.82, 2.24) is 14.5 Å². The lowest BCUT2D eigenvalue weighted by molar-refractivity contribution is 1.16. The van der Waals surface area contributed by atoms with Gasteiger partial charge in [0.2, 0.25) is 0 Å². The molecular formula is C61H36N4. The Bertz CT molecular complexity index is 3850. The monoisotopic (exact) mass is 824 g/mol. The van der Waals surface area contributed by atoms with Crippen molar-refractivity contribution in [2.75, 3.05) is 0 Å². The lowest BCUT2D eigenvalue weighted by Crippen LogP contribution is -1.98. The van der Waals surface area contributed by atoms with Gasteiger partial charge in [0, 0.05) is 33.2 Å². The van der Waals surface area contributed by atoms with E-state index in [1.807, 2.05) is 18.2 Å². The van der Waals surface area contributed by atoms with Gasteiger partial charge in [-0.3, -0.25) is 0 Å². The summed E-state index contributed by atoms with van der Waals surface area (Å²) in [5.74, 6) is 0.669. The lowest BCUT2D eigenvalue weighted by Gasteiger charge is -2.18. The molecule has 4 heteroatoms. The van der Waals surface area contributed by atoms with Crippen LogP contribution in [0.15, 0.2) is 218 Å². The summed E-state index contributed by atoms with van der Waals surface area (Å²) in [4.78, 5) is 10.6. The van der Waals surface area contributed by atoms with E-state index in [0.717, 1.165) is 66.8 Å². The van der Waals surface area contributed by atoms with Crippen molar-refractivity contribution in [2.45, 2.75) is 0 Å². The van der Waals surface area contributed by atoms with Crippen LogP contribution >= 0.6 is 0 Å². The molecule has 0 saturated heterocycles. The number of nitrogens with zero attached hydrogens (tertiary/aromatic N) is 4. The first-order valence-corrected chi connectivity index (χ1v) is 22.0. The van der Waals surface area contributed by atoms with Gasteiger partial charge in [0.25, 0.3) is 0 Å². The second-order valence-corrected chi connectivity index (χ2v) is 16.8. The van der Waals surface area contributed by atoms with E-state index < -0.39 is 0 Å². The molecule has 300 valence electrons. The molecule has 10 aromatic carbocycles. The van der Waals surface area contributed by atoms with E-state index >= 15 is 0 Å². The van der Waals surface area contributed by atoms with Crippen LogP contribution in [0.5, 0.6) is 0 Å². The lowest BCUT2D eigenvalue weighted by atomic mass is 9.86. The highest BCUT2D eigenvalue weighted by atomic mass is 15.0. The standard InChI is InChI=1S/C61H36N4/c62-37-38-22-24-39(25-23-38)43-30-33-52-46-16-6-7-17-47(46)53-34-35-54(59(43)60(52)53)48-31-32-49(45-15-5-4-14-44(45)48)56-36-55(40-12-2-1-3-13-40)63-61(64-56)41-26-28-42(29-27-41)65-57-20-10-8-18-50(57)51-19-9-11-21-58(51)65/h1-36H. The number of hydrogen-bond donors (Lipinski definition) is 0. The Labute approximate surface area is 375 Å². The molecule has 1 aliphatic carbocycles. The molecule has 0 radical (unpaired) electrons. The van der Waals surface area contributed by atoms with E-state index in [2.05, 4.69) is 211 Å². The van der Waals surface area contributed by atoms with Gasteiger partial charge in [-0.05, 0) is 121 Å². The molecule has 0 aliphatic heterocycles. The Kier molecular flexibility index (Phi) is 8.24. The van der Waals surface area contributed by atoms with Crippen LogP contribution in [0.2, 0.25) is 0 Å². The fourth-order valence-electron chi connectivity index (χ4n) is 10.3. The van der Waals surface area contributed by atoms with E-state index in [-0.39, 0.29) is 0 Å². The average molecular weight is 825 g/mol. The van der Waals surface area contributed by atoms with Gasteiger partial charge in [-0.2, -0.15) is 5.26 Å². The van der Waals surface area contributed by atoms with Crippen LogP contribution in [0.4, 0.5) is 0 Å². The van der Waals surface area contributed by atoms with Gasteiger partial charge in [0.1, 0.15) is 0 Å². The van der Waals surface area contributed by atoms with E-state index in [0.29, 0.717) is 11.4 Å². The van der Waals surface area contributed by atoms with Crippen molar-refractivity contribution in [3.8, 4) is 90.2 Å². The van der Waals surface area contributed by atoms with Crippen LogP contribution in [-0.4, -0.2) is 14.5 Å². The molecule has 0 fully saturated rings. The van der Waals surface area contributed by atoms with Crippen molar-refractivity contribution in [3.63, 3.8) is 0 Å². The first kappa shape index (κ1) is 36.7. The zero-order valence-corrected chi connectivity index (χ0v) is 35.1. The summed E-state index contributed by atoms with van der Waals surface area (Å²) in [6.07, 6.45) is 0. The van der Waals surface area contributed by atoms with Crippen LogP contribution in [0.25, 0.3) is 127 Å². The summed E-state index contributed by atoms with van der Waals surface area (Å²) in [5.41, 5.74) is 18.4. The highest BCUT2D eigenvalue weighted by Crippen LogP contribution is 2.53. The number of aromatic nitrogens is 3. The van der Waals surface area contributed by atoms with Crippen molar-refractivity contribution < 1.29 is 0 Å². The second-order valence-electron chi connectivity index (χ2n) is 16.8. The maximum atomic E-state index is 9.64. The molecule has 4 nitrogen and oxygen atoms in total. The predicted molar refractivity (Wildman–Crippen MR) is 268 cm³/mol. The molecule has 1 aliphatic rings. The molecule has 2 heterocycles. The molecule has 0 saturated carbocycles. The minimum atomic E-state index is 0.647. The van der Waals surface area contributed by atoms with Crippen LogP contribution in [-0.2, 0) is 0 Å². The quantitative estimate of drug-likeness (QED) is 0.168. The average Bonchev–Trinajstić information content (AvgIpc) is 3.90. The normalized spacial score (nSPS) is 11.7. The Morgan fingerprint density at radius 2 is 0.815 bits per heavy atom. The third-order valence-electron chi connectivity index (χ3n) is 13.2. The Balaban J connectivity index is 0.986. The van der Waals surface area contributed by atoms with Gasteiger partial charge in [-0.15, -0.1) is 0 Å². The van der Waals surface area contributed by atoms with Crippen molar-refractivity contribution >= 4 is 43.4 Å². The zero-order valence-electron chi connectivity index (χ0n) is 35.1. The second kappa shape index (κ2) is 14.6. The van der Waals surface area contributed by atoms with Gasteiger partial charge in [-0.25, -0.2) is 9.97 Å². The molecule has 0 N–H and O–H groups in total. The van der Waals surface area contributed by atoms with Crippen LogP contribution < -0.4 is 0 Å². The van der Waals surface area contributed by atoms with Crippen molar-refractivity contribution in [1.29, 1.82) is 5.26 Å². The topological polar surface area (TPSA) is 54.5 Å². The van der Waals surface area contributed by atoms with E-state index in [1.54, 1.807) is 0 Å². The molecule has 0 atom stereocenters. The summed E-state index contributed by atoms with van der Waals surface area (Å²) in [5, 5.41) is 16.8. The third kappa shape index (κ3) is 5.77. The number of benzene rings is 10. The van der Waals surface area contributed by atoms with Gasteiger partial charge in [-0.1, -0.05) is 164 Å². The van der Waals surface area contributed by atoms with Gasteiger partial charge < -0.3 is 4.57 Å². The molecule has 0 bridgehead atoms. The summed E-state index contributed by atoms with van der Waals surface area (Å²) >= 11 is 0. The third-order valence-corrected chi connectivity index (χ3v) is 13.2. The zero-order chi connectivity index (χ0) is 43.0. The molecule has 0 unspecified atom stereocenters. The first-order chi connectivity index (χ1) is 32.2. The first-order valence-electron chi connectivity index (χ1n) is 22.0. The smallest absolute Gasteiger partial charge is 0.160 e. The van der Waals surface area contributed by atoms with Crippen LogP contribution in [0, 0.1) is 11.3 Å². The van der Waals surface area contributed by atoms with Gasteiger partial charge in [0.15, 0.2) is 5.82 Å².